The van der Waals surface area contributed by atoms with Crippen LogP contribution in [0.5, 0.6) is 0 Å². The Hall–Kier alpha value is -1.04. The maximum absolute atomic E-state index is 13.2. The zero-order chi connectivity index (χ0) is 11.6. The molecule has 0 saturated heterocycles. The lowest BCUT2D eigenvalue weighted by Crippen LogP contribution is -2.06. The van der Waals surface area contributed by atoms with Gasteiger partial charge in [0.1, 0.15) is 11.4 Å². The number of methoxy groups -OCH3 is 1. The van der Waals surface area contributed by atoms with Gasteiger partial charge in [0.2, 0.25) is 0 Å². The van der Waals surface area contributed by atoms with Gasteiger partial charge in [0.15, 0.2) is 0 Å². The van der Waals surface area contributed by atoms with Gasteiger partial charge in [-0.25, -0.2) is 18.0 Å². The van der Waals surface area contributed by atoms with Gasteiger partial charge in [0.05, 0.1) is 7.11 Å². The highest BCUT2D eigenvalue weighted by Crippen LogP contribution is 2.28. The number of carbonyl (C=O) groups excluding carboxylic acids is 1. The Kier molecular flexibility index (Phi) is 3.73. The average molecular weight is 283 g/mol. The molecule has 82 valence electrons. The van der Waals surface area contributed by atoms with Crippen molar-refractivity contribution in [2.75, 3.05) is 7.11 Å². The van der Waals surface area contributed by atoms with Crippen LogP contribution in [0, 0.1) is 5.82 Å². The standard InChI is InChI=1S/C9H6BrF3O2/c1-15-9(14)7-5(10)2-4(8(12)13)3-6(7)11/h2-3,8H,1H3. The van der Waals surface area contributed by atoms with E-state index in [-0.39, 0.29) is 10.0 Å². The van der Waals surface area contributed by atoms with Crippen LogP contribution < -0.4 is 0 Å². The van der Waals surface area contributed by atoms with Crippen LogP contribution in [0.1, 0.15) is 22.3 Å². The number of alkyl halides is 2. The highest BCUT2D eigenvalue weighted by Gasteiger charge is 2.20. The fourth-order valence-electron chi connectivity index (χ4n) is 1.02. The molecule has 0 heterocycles. The predicted octanol–water partition coefficient (Wildman–Crippen LogP) is 3.31. The van der Waals surface area contributed by atoms with E-state index >= 15 is 0 Å². The molecule has 2 nitrogen and oxygen atoms in total. The number of ether oxygens (including phenoxy) is 1. The Morgan fingerprint density at radius 1 is 1.47 bits per heavy atom. The quantitative estimate of drug-likeness (QED) is 0.778. The van der Waals surface area contributed by atoms with Gasteiger partial charge in [-0.15, -0.1) is 0 Å². The third-order valence-corrected chi connectivity index (χ3v) is 2.33. The maximum atomic E-state index is 13.2. The number of hydrogen-bond acceptors (Lipinski definition) is 2. The van der Waals surface area contributed by atoms with E-state index in [1.54, 1.807) is 0 Å². The minimum absolute atomic E-state index is 0.0512. The van der Waals surface area contributed by atoms with Gasteiger partial charge < -0.3 is 4.74 Å². The van der Waals surface area contributed by atoms with Crippen LogP contribution in [0.25, 0.3) is 0 Å². The van der Waals surface area contributed by atoms with Crippen LogP contribution in [-0.2, 0) is 4.74 Å². The average Bonchev–Trinajstić information content (AvgIpc) is 2.16. The smallest absolute Gasteiger partial charge is 0.342 e. The van der Waals surface area contributed by atoms with Crippen LogP contribution in [0.3, 0.4) is 0 Å². The molecule has 0 bridgehead atoms. The molecular weight excluding hydrogens is 277 g/mol. The molecule has 0 radical (unpaired) electrons. The lowest BCUT2D eigenvalue weighted by atomic mass is 10.1. The van der Waals surface area contributed by atoms with Gasteiger partial charge in [-0.1, -0.05) is 0 Å². The molecule has 0 spiro atoms. The Morgan fingerprint density at radius 3 is 2.47 bits per heavy atom. The van der Waals surface area contributed by atoms with E-state index in [1.165, 1.54) is 0 Å². The van der Waals surface area contributed by atoms with Crippen LogP contribution in [0.2, 0.25) is 0 Å². The Morgan fingerprint density at radius 2 is 2.07 bits per heavy atom. The number of carbonyl (C=O) groups is 1. The van der Waals surface area contributed by atoms with Gasteiger partial charge in [0.25, 0.3) is 6.43 Å². The second kappa shape index (κ2) is 4.65. The molecule has 0 unspecified atom stereocenters. The van der Waals surface area contributed by atoms with Gasteiger partial charge in [-0.05, 0) is 28.1 Å². The van der Waals surface area contributed by atoms with Crippen molar-refractivity contribution >= 4 is 21.9 Å². The number of rotatable bonds is 2. The molecule has 0 saturated carbocycles. The van der Waals surface area contributed by atoms with Gasteiger partial charge >= 0.3 is 5.97 Å². The van der Waals surface area contributed by atoms with Crippen molar-refractivity contribution < 1.29 is 22.7 Å². The second-order valence-corrected chi connectivity index (χ2v) is 3.51. The predicted molar refractivity (Wildman–Crippen MR) is 50.4 cm³/mol. The summed E-state index contributed by atoms with van der Waals surface area (Å²) in [5.41, 5.74) is -0.881. The molecule has 1 aromatic carbocycles. The maximum Gasteiger partial charge on any atom is 0.342 e. The molecule has 1 rings (SSSR count). The number of esters is 1. The van der Waals surface area contributed by atoms with E-state index in [1.807, 2.05) is 0 Å². The third kappa shape index (κ3) is 2.50. The molecule has 0 aromatic heterocycles. The third-order valence-electron chi connectivity index (χ3n) is 1.71. The molecule has 0 atom stereocenters. The molecule has 0 amide bonds. The van der Waals surface area contributed by atoms with E-state index in [0.717, 1.165) is 13.2 Å². The molecular formula is C9H6BrF3O2. The van der Waals surface area contributed by atoms with Crippen molar-refractivity contribution in [2.24, 2.45) is 0 Å². The van der Waals surface area contributed by atoms with E-state index in [4.69, 9.17) is 0 Å². The van der Waals surface area contributed by atoms with Crippen molar-refractivity contribution in [3.63, 3.8) is 0 Å². The van der Waals surface area contributed by atoms with E-state index in [2.05, 4.69) is 20.7 Å². The molecule has 0 aliphatic heterocycles. The lowest BCUT2D eigenvalue weighted by molar-refractivity contribution is 0.0593. The first-order valence-electron chi connectivity index (χ1n) is 3.82. The van der Waals surface area contributed by atoms with E-state index in [9.17, 15) is 18.0 Å². The highest BCUT2D eigenvalue weighted by molar-refractivity contribution is 9.10. The van der Waals surface area contributed by atoms with Crippen LogP contribution in [0.4, 0.5) is 13.2 Å². The highest BCUT2D eigenvalue weighted by atomic mass is 79.9. The van der Waals surface area contributed by atoms with Crippen LogP contribution in [-0.4, -0.2) is 13.1 Å². The Labute approximate surface area is 92.2 Å². The minimum atomic E-state index is -2.79. The summed E-state index contributed by atoms with van der Waals surface area (Å²) in [5, 5.41) is 0. The normalized spacial score (nSPS) is 10.5. The monoisotopic (exact) mass is 282 g/mol. The Balaban J connectivity index is 3.27. The van der Waals surface area contributed by atoms with E-state index in [0.29, 0.717) is 6.07 Å². The number of hydrogen-bond donors (Lipinski definition) is 0. The summed E-state index contributed by atoms with van der Waals surface area (Å²) in [6, 6.07) is 1.60. The summed E-state index contributed by atoms with van der Waals surface area (Å²) in [7, 11) is 1.08. The van der Waals surface area contributed by atoms with Crippen LogP contribution in [0.15, 0.2) is 16.6 Å². The lowest BCUT2D eigenvalue weighted by Gasteiger charge is -2.06. The largest absolute Gasteiger partial charge is 0.465 e. The molecule has 6 heteroatoms. The molecule has 0 fully saturated rings. The SMILES string of the molecule is COC(=O)c1c(F)cc(C(F)F)cc1Br. The zero-order valence-electron chi connectivity index (χ0n) is 7.56. The summed E-state index contributed by atoms with van der Waals surface area (Å²) in [5.74, 6) is -1.95. The van der Waals surface area contributed by atoms with Gasteiger partial charge in [-0.3, -0.25) is 0 Å². The minimum Gasteiger partial charge on any atom is -0.465 e. The Bertz CT molecular complexity index is 370. The summed E-state index contributed by atoms with van der Waals surface area (Å²) < 4.78 is 42.0. The molecule has 0 aliphatic carbocycles. The molecule has 1 aromatic rings. The first-order chi connectivity index (χ1) is 6.97. The van der Waals surface area contributed by atoms with Crippen molar-refractivity contribution in [1.82, 2.24) is 0 Å². The summed E-state index contributed by atoms with van der Waals surface area (Å²) in [6.07, 6.45) is -2.79. The fourth-order valence-corrected chi connectivity index (χ4v) is 1.63. The summed E-state index contributed by atoms with van der Waals surface area (Å²) >= 11 is 2.83. The number of halogens is 4. The second-order valence-electron chi connectivity index (χ2n) is 2.65. The molecule has 0 N–H and O–H groups in total. The van der Waals surface area contributed by atoms with Gasteiger partial charge in [-0.2, -0.15) is 0 Å². The molecule has 15 heavy (non-hydrogen) atoms. The van der Waals surface area contributed by atoms with Crippen LogP contribution >= 0.6 is 15.9 Å². The van der Waals surface area contributed by atoms with Gasteiger partial charge in [0, 0.05) is 10.0 Å². The van der Waals surface area contributed by atoms with Crippen molar-refractivity contribution in [3.05, 3.63) is 33.5 Å². The number of benzene rings is 1. The van der Waals surface area contributed by atoms with Crippen molar-refractivity contribution in [2.45, 2.75) is 6.43 Å². The zero-order valence-corrected chi connectivity index (χ0v) is 9.15. The first kappa shape index (κ1) is 12.0. The summed E-state index contributed by atoms with van der Waals surface area (Å²) in [4.78, 5) is 11.1. The first-order valence-corrected chi connectivity index (χ1v) is 4.62. The van der Waals surface area contributed by atoms with Crippen molar-refractivity contribution in [3.8, 4) is 0 Å². The topological polar surface area (TPSA) is 26.3 Å². The van der Waals surface area contributed by atoms with E-state index < -0.39 is 23.8 Å². The summed E-state index contributed by atoms with van der Waals surface area (Å²) in [6.45, 7) is 0. The molecule has 0 aliphatic rings. The fraction of sp³-hybridized carbons (Fsp3) is 0.222. The van der Waals surface area contributed by atoms with Crippen molar-refractivity contribution in [1.29, 1.82) is 0 Å².